The molecule has 9 heteroatoms. The van der Waals surface area contributed by atoms with Gasteiger partial charge in [0.15, 0.2) is 0 Å². The maximum atomic E-state index is 12.7. The van der Waals surface area contributed by atoms with Crippen molar-refractivity contribution in [3.05, 3.63) is 59.7 Å². The summed E-state index contributed by atoms with van der Waals surface area (Å²) in [6.07, 6.45) is 3.37. The van der Waals surface area contributed by atoms with Crippen LogP contribution in [-0.2, 0) is 32.7 Å². The molecule has 0 saturated carbocycles. The largest absolute Gasteiger partial charge is 0.351 e. The molecule has 1 fully saturated rings. The van der Waals surface area contributed by atoms with Gasteiger partial charge in [0.05, 0.1) is 11.4 Å². The van der Waals surface area contributed by atoms with Gasteiger partial charge in [-0.15, -0.1) is 11.8 Å². The molecular weight excluding hydrogens is 434 g/mol. The van der Waals surface area contributed by atoms with Crippen molar-refractivity contribution in [1.82, 2.24) is 14.5 Å². The maximum absolute atomic E-state index is 12.7. The zero-order chi connectivity index (χ0) is 22.4. The third-order valence-electron chi connectivity index (χ3n) is 5.26. The molecule has 0 spiro atoms. The van der Waals surface area contributed by atoms with E-state index in [2.05, 4.69) is 5.32 Å². The van der Waals surface area contributed by atoms with Crippen molar-refractivity contribution in [3.8, 4) is 0 Å². The minimum Gasteiger partial charge on any atom is -0.351 e. The Balaban J connectivity index is 1.59. The monoisotopic (exact) mass is 461 g/mol. The van der Waals surface area contributed by atoms with Gasteiger partial charge in [-0.3, -0.25) is 9.59 Å². The number of hydrogen-bond acceptors (Lipinski definition) is 5. The van der Waals surface area contributed by atoms with Gasteiger partial charge in [0.25, 0.3) is 0 Å². The lowest BCUT2D eigenvalue weighted by atomic mass is 10.1. The molecule has 2 aromatic carbocycles. The van der Waals surface area contributed by atoms with Crippen LogP contribution in [0.25, 0.3) is 0 Å². The van der Waals surface area contributed by atoms with Crippen molar-refractivity contribution >= 4 is 33.6 Å². The number of nitrogens with one attached hydrogen (secondary N) is 1. The number of carbonyl (C=O) groups excluding carboxylic acids is 2. The zero-order valence-corrected chi connectivity index (χ0v) is 19.3. The van der Waals surface area contributed by atoms with E-state index in [9.17, 15) is 18.0 Å². The van der Waals surface area contributed by atoms with E-state index in [1.807, 2.05) is 35.4 Å². The smallest absolute Gasteiger partial charge is 0.243 e. The Hall–Kier alpha value is -2.36. The minimum absolute atomic E-state index is 0.149. The van der Waals surface area contributed by atoms with E-state index in [0.29, 0.717) is 13.0 Å². The third kappa shape index (κ3) is 5.87. The molecule has 2 aromatic rings. The molecule has 3 rings (SSSR count). The van der Waals surface area contributed by atoms with Gasteiger partial charge in [-0.05, 0) is 48.1 Å². The van der Waals surface area contributed by atoms with Crippen LogP contribution in [0.1, 0.15) is 24.0 Å². The fourth-order valence-corrected chi connectivity index (χ4v) is 4.96. The maximum Gasteiger partial charge on any atom is 0.243 e. The second-order valence-electron chi connectivity index (χ2n) is 7.40. The summed E-state index contributed by atoms with van der Waals surface area (Å²) in [6, 6.07) is 14.2. The molecule has 0 radical (unpaired) electrons. The predicted octanol–water partition coefficient (Wildman–Crippen LogP) is 2.47. The molecule has 166 valence electrons. The van der Waals surface area contributed by atoms with Crippen molar-refractivity contribution < 1.29 is 18.0 Å². The van der Waals surface area contributed by atoms with Crippen molar-refractivity contribution in [3.63, 3.8) is 0 Å². The lowest BCUT2D eigenvalue weighted by Crippen LogP contribution is -2.38. The summed E-state index contributed by atoms with van der Waals surface area (Å²) < 4.78 is 26.5. The molecular formula is C22H27N3O4S2. The highest BCUT2D eigenvalue weighted by Gasteiger charge is 2.23. The van der Waals surface area contributed by atoms with Crippen LogP contribution < -0.4 is 5.32 Å². The number of benzene rings is 2. The Bertz CT molecular complexity index is 1040. The molecule has 1 aliphatic heterocycles. The van der Waals surface area contributed by atoms with E-state index in [-0.39, 0.29) is 29.8 Å². The molecule has 0 atom stereocenters. The van der Waals surface area contributed by atoms with E-state index in [4.69, 9.17) is 0 Å². The summed E-state index contributed by atoms with van der Waals surface area (Å²) in [5.74, 6) is -0.241. The third-order valence-corrected chi connectivity index (χ3v) is 7.82. The first-order chi connectivity index (χ1) is 14.8. The predicted molar refractivity (Wildman–Crippen MR) is 121 cm³/mol. The van der Waals surface area contributed by atoms with Crippen molar-refractivity contribution in [2.45, 2.75) is 35.7 Å². The summed E-state index contributed by atoms with van der Waals surface area (Å²) in [4.78, 5) is 27.3. The Morgan fingerprint density at radius 3 is 2.42 bits per heavy atom. The van der Waals surface area contributed by atoms with Crippen LogP contribution in [0.3, 0.4) is 0 Å². The van der Waals surface area contributed by atoms with Gasteiger partial charge >= 0.3 is 0 Å². The van der Waals surface area contributed by atoms with Gasteiger partial charge in [0.2, 0.25) is 21.8 Å². The lowest BCUT2D eigenvalue weighted by molar-refractivity contribution is -0.128. The Kier molecular flexibility index (Phi) is 7.74. The summed E-state index contributed by atoms with van der Waals surface area (Å²) in [6.45, 7) is 1.26. The Labute approximate surface area is 187 Å². The number of nitrogens with zero attached hydrogens (tertiary/aromatic N) is 2. The number of rotatable bonds is 9. The minimum atomic E-state index is -3.75. The van der Waals surface area contributed by atoms with Crippen LogP contribution >= 0.6 is 11.8 Å². The zero-order valence-electron chi connectivity index (χ0n) is 17.7. The highest BCUT2D eigenvalue weighted by molar-refractivity contribution is 7.98. The number of thioether (sulfide) groups is 1. The van der Waals surface area contributed by atoms with Crippen molar-refractivity contribution in [2.24, 2.45) is 0 Å². The Morgan fingerprint density at radius 1 is 1.13 bits per heavy atom. The first-order valence-corrected chi connectivity index (χ1v) is 12.7. The molecule has 0 aliphatic carbocycles. The van der Waals surface area contributed by atoms with Crippen LogP contribution in [0, 0.1) is 0 Å². The topological polar surface area (TPSA) is 86.8 Å². The number of amides is 2. The molecule has 1 N–H and O–H groups in total. The highest BCUT2D eigenvalue weighted by Crippen LogP contribution is 2.20. The molecule has 31 heavy (non-hydrogen) atoms. The van der Waals surface area contributed by atoms with Crippen molar-refractivity contribution in [1.29, 1.82) is 0 Å². The molecule has 0 bridgehead atoms. The Morgan fingerprint density at radius 2 is 1.81 bits per heavy atom. The first kappa shape index (κ1) is 23.3. The van der Waals surface area contributed by atoms with E-state index >= 15 is 0 Å². The fraction of sp³-hybridized carbons (Fsp3) is 0.364. The number of likely N-dealkylation sites (tertiary alicyclic amines) is 1. The van der Waals surface area contributed by atoms with Gasteiger partial charge in [-0.2, -0.15) is 4.31 Å². The van der Waals surface area contributed by atoms with Gasteiger partial charge in [-0.1, -0.05) is 24.3 Å². The molecule has 2 amide bonds. The fourth-order valence-electron chi connectivity index (χ4n) is 3.43. The van der Waals surface area contributed by atoms with Crippen LogP contribution in [0.2, 0.25) is 0 Å². The quantitative estimate of drug-likeness (QED) is 0.580. The van der Waals surface area contributed by atoms with Crippen LogP contribution in [0.4, 0.5) is 0 Å². The van der Waals surface area contributed by atoms with Gasteiger partial charge in [0.1, 0.15) is 0 Å². The SMILES string of the molecule is CSc1ccc(S(=O)(=O)N(C)CC(=O)NCc2ccccc2CN2CCCC2=O)cc1. The second kappa shape index (κ2) is 10.3. The van der Waals surface area contributed by atoms with E-state index in [1.165, 1.54) is 18.8 Å². The summed E-state index contributed by atoms with van der Waals surface area (Å²) in [5, 5.41) is 2.80. The number of sulfonamides is 1. The molecule has 1 heterocycles. The number of carbonyl (C=O) groups is 2. The number of likely N-dealkylation sites (N-methyl/N-ethyl adjacent to an activating group) is 1. The van der Waals surface area contributed by atoms with Crippen LogP contribution in [-0.4, -0.2) is 55.8 Å². The van der Waals surface area contributed by atoms with Gasteiger partial charge in [0, 0.05) is 38.0 Å². The average molecular weight is 462 g/mol. The van der Waals surface area contributed by atoms with Crippen molar-refractivity contribution in [2.75, 3.05) is 26.4 Å². The van der Waals surface area contributed by atoms with Crippen LogP contribution in [0.5, 0.6) is 0 Å². The molecule has 0 unspecified atom stereocenters. The standard InChI is InChI=1S/C22H27N3O4S2/c1-24(31(28,29)20-11-9-19(30-2)10-12-20)16-21(26)23-14-17-6-3-4-7-18(17)15-25-13-5-8-22(25)27/h3-4,6-7,9-12H,5,8,13-16H2,1-2H3,(H,23,26). The van der Waals surface area contributed by atoms with Gasteiger partial charge < -0.3 is 10.2 Å². The second-order valence-corrected chi connectivity index (χ2v) is 10.3. The van der Waals surface area contributed by atoms with Gasteiger partial charge in [-0.25, -0.2) is 8.42 Å². The summed E-state index contributed by atoms with van der Waals surface area (Å²) in [5.41, 5.74) is 1.89. The van der Waals surface area contributed by atoms with E-state index < -0.39 is 10.0 Å². The average Bonchev–Trinajstić information content (AvgIpc) is 3.17. The van der Waals surface area contributed by atoms with Crippen LogP contribution in [0.15, 0.2) is 58.3 Å². The molecule has 0 aromatic heterocycles. The highest BCUT2D eigenvalue weighted by atomic mass is 32.2. The summed E-state index contributed by atoms with van der Waals surface area (Å²) in [7, 11) is -2.36. The molecule has 1 saturated heterocycles. The first-order valence-electron chi connectivity index (χ1n) is 10.0. The lowest BCUT2D eigenvalue weighted by Gasteiger charge is -2.19. The molecule has 7 nitrogen and oxygen atoms in total. The van der Waals surface area contributed by atoms with E-state index in [0.717, 1.165) is 33.3 Å². The normalized spacial score (nSPS) is 14.3. The molecule has 1 aliphatic rings. The summed E-state index contributed by atoms with van der Waals surface area (Å²) >= 11 is 1.53. The number of hydrogen-bond donors (Lipinski definition) is 1. The van der Waals surface area contributed by atoms with E-state index in [1.54, 1.807) is 24.3 Å².